The van der Waals surface area contributed by atoms with Gasteiger partial charge in [-0.2, -0.15) is 0 Å². The second kappa shape index (κ2) is 4.40. The summed E-state index contributed by atoms with van der Waals surface area (Å²) in [5.74, 6) is 3.81. The van der Waals surface area contributed by atoms with Crippen LogP contribution in [0.2, 0.25) is 0 Å². The average molecular weight is 298 g/mol. The van der Waals surface area contributed by atoms with Gasteiger partial charge in [0, 0.05) is 6.04 Å². The highest BCUT2D eigenvalue weighted by Crippen LogP contribution is 2.61. The van der Waals surface area contributed by atoms with Crippen molar-refractivity contribution in [2.45, 2.75) is 51.5 Å². The lowest BCUT2D eigenvalue weighted by atomic mass is 9.48. The summed E-state index contributed by atoms with van der Waals surface area (Å²) in [5.41, 5.74) is 1.17. The van der Waals surface area contributed by atoms with Crippen molar-refractivity contribution in [3.8, 4) is 0 Å². The standard InChI is InChI=1S/C16H22N6/c1-10(17-14-2-3-15-18-20-21-22(15)19-14)16-7-11-4-12(8-16)6-13(5-11)9-16/h2-3,10-13H,4-9H2,1H3,(H,17,19)/t10-,11?,12?,13?,16?/m1/s1. The van der Waals surface area contributed by atoms with Crippen LogP contribution in [0.15, 0.2) is 12.1 Å². The van der Waals surface area contributed by atoms with E-state index in [-0.39, 0.29) is 0 Å². The van der Waals surface area contributed by atoms with E-state index < -0.39 is 0 Å². The Labute approximate surface area is 129 Å². The van der Waals surface area contributed by atoms with Crippen molar-refractivity contribution in [3.63, 3.8) is 0 Å². The maximum atomic E-state index is 4.47. The van der Waals surface area contributed by atoms with Crippen LogP contribution in [0, 0.1) is 23.2 Å². The predicted molar refractivity (Wildman–Crippen MR) is 82.3 cm³/mol. The van der Waals surface area contributed by atoms with Gasteiger partial charge in [-0.05, 0) is 91.2 Å². The first kappa shape index (κ1) is 12.8. The van der Waals surface area contributed by atoms with Crippen molar-refractivity contribution in [1.82, 2.24) is 25.3 Å². The van der Waals surface area contributed by atoms with Gasteiger partial charge in [0.1, 0.15) is 5.82 Å². The maximum absolute atomic E-state index is 4.47. The van der Waals surface area contributed by atoms with Crippen LogP contribution in [0.25, 0.3) is 5.65 Å². The fourth-order valence-corrected chi connectivity index (χ4v) is 5.81. The third kappa shape index (κ3) is 1.85. The van der Waals surface area contributed by atoms with Crippen molar-refractivity contribution in [2.24, 2.45) is 23.2 Å². The molecule has 0 radical (unpaired) electrons. The third-order valence-corrected chi connectivity index (χ3v) is 6.44. The molecular formula is C16H22N6. The minimum Gasteiger partial charge on any atom is -0.366 e. The number of anilines is 1. The highest BCUT2D eigenvalue weighted by atomic mass is 15.6. The molecule has 22 heavy (non-hydrogen) atoms. The zero-order valence-corrected chi connectivity index (χ0v) is 12.9. The first-order valence-electron chi connectivity index (χ1n) is 8.52. The normalized spacial score (nSPS) is 37.6. The van der Waals surface area contributed by atoms with Crippen molar-refractivity contribution in [2.75, 3.05) is 5.32 Å². The molecule has 0 aromatic carbocycles. The van der Waals surface area contributed by atoms with Gasteiger partial charge >= 0.3 is 0 Å². The molecule has 4 bridgehead atoms. The topological polar surface area (TPSA) is 68.0 Å². The predicted octanol–water partition coefficient (Wildman–Crippen LogP) is 2.54. The zero-order chi connectivity index (χ0) is 14.7. The van der Waals surface area contributed by atoms with Crippen LogP contribution in [0.3, 0.4) is 0 Å². The smallest absolute Gasteiger partial charge is 0.200 e. The first-order valence-corrected chi connectivity index (χ1v) is 8.52. The lowest BCUT2D eigenvalue weighted by Crippen LogP contribution is -2.53. The molecule has 0 spiro atoms. The van der Waals surface area contributed by atoms with Gasteiger partial charge in [-0.3, -0.25) is 0 Å². The molecule has 2 heterocycles. The Morgan fingerprint density at radius 1 is 1.14 bits per heavy atom. The number of rotatable bonds is 3. The molecule has 0 unspecified atom stereocenters. The van der Waals surface area contributed by atoms with Crippen molar-refractivity contribution < 1.29 is 0 Å². The first-order chi connectivity index (χ1) is 10.7. The van der Waals surface area contributed by atoms with Crippen LogP contribution < -0.4 is 5.32 Å². The van der Waals surface area contributed by atoms with E-state index in [0.29, 0.717) is 17.1 Å². The highest BCUT2D eigenvalue weighted by molar-refractivity contribution is 5.43. The monoisotopic (exact) mass is 298 g/mol. The molecule has 2 aromatic heterocycles. The summed E-state index contributed by atoms with van der Waals surface area (Å²) in [4.78, 5) is 0. The van der Waals surface area contributed by atoms with Gasteiger partial charge in [-0.1, -0.05) is 0 Å². The quantitative estimate of drug-likeness (QED) is 0.943. The second-order valence-corrected chi connectivity index (χ2v) is 7.89. The molecule has 116 valence electrons. The van der Waals surface area contributed by atoms with Gasteiger partial charge in [0.2, 0.25) is 0 Å². The molecule has 2 aromatic rings. The number of hydrogen-bond donors (Lipinski definition) is 1. The summed E-state index contributed by atoms with van der Waals surface area (Å²) in [5, 5.41) is 19.6. The third-order valence-electron chi connectivity index (χ3n) is 6.44. The van der Waals surface area contributed by atoms with E-state index in [1.54, 1.807) is 0 Å². The molecular weight excluding hydrogens is 276 g/mol. The number of nitrogens with one attached hydrogen (secondary N) is 1. The molecule has 6 heteroatoms. The van der Waals surface area contributed by atoms with Crippen LogP contribution >= 0.6 is 0 Å². The van der Waals surface area contributed by atoms with E-state index >= 15 is 0 Å². The molecule has 4 saturated carbocycles. The highest BCUT2D eigenvalue weighted by Gasteiger charge is 2.53. The Kier molecular flexibility index (Phi) is 2.56. The Balaban J connectivity index is 1.40. The van der Waals surface area contributed by atoms with Crippen LogP contribution in [-0.4, -0.2) is 31.3 Å². The molecule has 0 saturated heterocycles. The largest absolute Gasteiger partial charge is 0.366 e. The van der Waals surface area contributed by atoms with Gasteiger partial charge < -0.3 is 5.32 Å². The summed E-state index contributed by atoms with van der Waals surface area (Å²) in [6.07, 6.45) is 8.67. The van der Waals surface area contributed by atoms with Crippen molar-refractivity contribution >= 4 is 11.5 Å². The Morgan fingerprint density at radius 2 is 1.82 bits per heavy atom. The lowest BCUT2D eigenvalue weighted by molar-refractivity contribution is -0.0603. The van der Waals surface area contributed by atoms with Gasteiger partial charge in [-0.25, -0.2) is 0 Å². The zero-order valence-electron chi connectivity index (χ0n) is 12.9. The van der Waals surface area contributed by atoms with Crippen molar-refractivity contribution in [3.05, 3.63) is 12.1 Å². The summed E-state index contributed by atoms with van der Waals surface area (Å²) in [7, 11) is 0. The van der Waals surface area contributed by atoms with Crippen LogP contribution in [0.1, 0.15) is 45.4 Å². The molecule has 6 rings (SSSR count). The minimum absolute atomic E-state index is 0.460. The second-order valence-electron chi connectivity index (χ2n) is 7.89. The van der Waals surface area contributed by atoms with Crippen molar-refractivity contribution in [1.29, 1.82) is 0 Å². The maximum Gasteiger partial charge on any atom is 0.200 e. The molecule has 4 aliphatic carbocycles. The SMILES string of the molecule is C[C@@H](Nc1ccc2nnnn2n1)C12CC3CC(CC(C3)C1)C2. The van der Waals surface area contributed by atoms with Gasteiger partial charge in [0.25, 0.3) is 0 Å². The number of nitrogens with zero attached hydrogens (tertiary/aromatic N) is 5. The Hall–Kier alpha value is -1.72. The van der Waals surface area contributed by atoms with E-state index in [0.717, 1.165) is 23.6 Å². The summed E-state index contributed by atoms with van der Waals surface area (Å²) < 4.78 is 1.49. The van der Waals surface area contributed by atoms with Crippen LogP contribution in [-0.2, 0) is 0 Å². The Morgan fingerprint density at radius 3 is 2.50 bits per heavy atom. The van der Waals surface area contributed by atoms with E-state index in [1.165, 1.54) is 43.2 Å². The molecule has 0 aliphatic heterocycles. The van der Waals surface area contributed by atoms with E-state index in [4.69, 9.17) is 0 Å². The van der Waals surface area contributed by atoms with Crippen LogP contribution in [0.4, 0.5) is 5.82 Å². The number of tetrazole rings is 1. The average Bonchev–Trinajstić information content (AvgIpc) is 2.93. The molecule has 4 fully saturated rings. The van der Waals surface area contributed by atoms with Crippen LogP contribution in [0.5, 0.6) is 0 Å². The summed E-state index contributed by atoms with van der Waals surface area (Å²) in [6.45, 7) is 2.35. The molecule has 1 N–H and O–H groups in total. The fraction of sp³-hybridized carbons (Fsp3) is 0.750. The molecule has 1 atom stereocenters. The summed E-state index contributed by atoms with van der Waals surface area (Å²) in [6, 6.07) is 4.37. The summed E-state index contributed by atoms with van der Waals surface area (Å²) >= 11 is 0. The Bertz CT molecular complexity index is 672. The number of fused-ring (bicyclic) bond motifs is 1. The van der Waals surface area contributed by atoms with Gasteiger partial charge in [0.05, 0.1) is 0 Å². The molecule has 0 amide bonds. The van der Waals surface area contributed by atoms with E-state index in [2.05, 4.69) is 32.9 Å². The van der Waals surface area contributed by atoms with E-state index in [1.807, 2.05) is 12.1 Å². The molecule has 6 nitrogen and oxygen atoms in total. The minimum atomic E-state index is 0.460. The number of hydrogen-bond acceptors (Lipinski definition) is 5. The molecule has 4 aliphatic rings. The number of aromatic nitrogens is 5. The fourth-order valence-electron chi connectivity index (χ4n) is 5.81. The van der Waals surface area contributed by atoms with Gasteiger partial charge in [-0.15, -0.1) is 14.8 Å². The lowest BCUT2D eigenvalue weighted by Gasteiger charge is -2.59. The van der Waals surface area contributed by atoms with Gasteiger partial charge in [0.15, 0.2) is 5.65 Å². The van der Waals surface area contributed by atoms with E-state index in [9.17, 15) is 0 Å².